The summed E-state index contributed by atoms with van der Waals surface area (Å²) in [6.07, 6.45) is 0. The lowest BCUT2D eigenvalue weighted by Gasteiger charge is -2.05. The van der Waals surface area contributed by atoms with E-state index in [9.17, 15) is 4.20 Å². The van der Waals surface area contributed by atoms with Gasteiger partial charge in [0.25, 0.3) is 0 Å². The van der Waals surface area contributed by atoms with Crippen LogP contribution in [0.5, 0.6) is 0 Å². The summed E-state index contributed by atoms with van der Waals surface area (Å²) in [7, 11) is -3.58. The van der Waals surface area contributed by atoms with Gasteiger partial charge in [-0.25, -0.2) is 0 Å². The molecule has 0 saturated carbocycles. The van der Waals surface area contributed by atoms with E-state index in [1.54, 1.807) is 13.8 Å². The molecule has 0 aliphatic carbocycles. The summed E-state index contributed by atoms with van der Waals surface area (Å²) in [6, 6.07) is 0. The molecule has 0 aromatic carbocycles. The molecule has 0 amide bonds. The zero-order chi connectivity index (χ0) is 10.2. The van der Waals surface area contributed by atoms with Crippen LogP contribution in [-0.2, 0) is 9.05 Å². The molecule has 1 atom stereocenters. The van der Waals surface area contributed by atoms with Crippen molar-refractivity contribution in [1.82, 2.24) is 0 Å². The smallest absolute Gasteiger partial charge is 0.311 e. The van der Waals surface area contributed by atoms with Gasteiger partial charge in [0.2, 0.25) is 0 Å². The lowest BCUT2D eigenvalue weighted by Crippen LogP contribution is -1.79. The molecule has 0 aromatic rings. The number of rotatable bonds is 6. The molecule has 0 aliphatic rings. The average Bonchev–Trinajstić information content (AvgIpc) is 2.05. The normalized spacial score (nSPS) is 16.2. The first-order valence-corrected chi connectivity index (χ1v) is 6.66. The summed E-state index contributed by atoms with van der Waals surface area (Å²) >= 11 is 0. The molecule has 9 heteroatoms. The fraction of sp³-hybridized carbons (Fsp3) is 1.00. The van der Waals surface area contributed by atoms with E-state index in [0.717, 1.165) is 0 Å². The van der Waals surface area contributed by atoms with E-state index in [-0.39, 0.29) is 23.7 Å². The summed E-state index contributed by atoms with van der Waals surface area (Å²) in [5.41, 5.74) is 0. The van der Waals surface area contributed by atoms with Crippen molar-refractivity contribution in [1.29, 1.82) is 5.16 Å². The molecule has 0 aliphatic heterocycles. The van der Waals surface area contributed by atoms with E-state index >= 15 is 0 Å². The molecule has 0 bridgehead atoms. The van der Waals surface area contributed by atoms with Gasteiger partial charge in [-0.3, -0.25) is 5.16 Å². The van der Waals surface area contributed by atoms with Crippen LogP contribution in [0.2, 0.25) is 0 Å². The lowest BCUT2D eigenvalue weighted by molar-refractivity contribution is 0.347. The maximum Gasteiger partial charge on any atom is 0.390 e. The molecule has 0 radical (unpaired) electrons. The Kier molecular flexibility index (Phi) is 7.83. The first-order chi connectivity index (χ1) is 6.18. The van der Waals surface area contributed by atoms with E-state index in [4.69, 9.17) is 14.2 Å². The lowest BCUT2D eigenvalue weighted by atomic mass is 10.9. The van der Waals surface area contributed by atoms with Crippen molar-refractivity contribution in [2.24, 2.45) is 9.03 Å². The molecule has 1 N–H and O–H groups in total. The van der Waals surface area contributed by atoms with Crippen molar-refractivity contribution in [2.45, 2.75) is 13.8 Å². The van der Waals surface area contributed by atoms with Gasteiger partial charge in [-0.15, -0.1) is 4.52 Å². The van der Waals surface area contributed by atoms with E-state index in [0.29, 0.717) is 6.61 Å². The molecule has 0 spiro atoms. The molecule has 0 rings (SSSR count). The number of halogens is 1. The summed E-state index contributed by atoms with van der Waals surface area (Å²) in [6.45, 7) is 4.07. The van der Waals surface area contributed by atoms with Crippen molar-refractivity contribution in [3.63, 3.8) is 0 Å². The highest BCUT2D eigenvalue weighted by Gasteiger charge is 2.16. The molecule has 0 heterocycles. The largest absolute Gasteiger partial charge is 0.390 e. The molecular weight excluding hydrogens is 234 g/mol. The second-order valence-corrected chi connectivity index (χ2v) is 4.93. The monoisotopic (exact) mass is 245 g/mol. The third-order valence-corrected chi connectivity index (χ3v) is 4.16. The summed E-state index contributed by atoms with van der Waals surface area (Å²) in [5, 5.41) is 6.73. The van der Waals surface area contributed by atoms with E-state index in [2.05, 4.69) is 9.03 Å². The summed E-state index contributed by atoms with van der Waals surface area (Å²) in [4.78, 5) is 0. The van der Waals surface area contributed by atoms with Gasteiger partial charge in [0.05, 0.1) is 13.2 Å². The Hall–Kier alpha value is 0.280. The number of nitrogens with zero attached hydrogens (tertiary/aromatic N) is 2. The van der Waals surface area contributed by atoms with Crippen molar-refractivity contribution < 1.29 is 13.2 Å². The predicted octanol–water partition coefficient (Wildman–Crippen LogP) is 4.64. The van der Waals surface area contributed by atoms with Gasteiger partial charge < -0.3 is 9.05 Å². The predicted molar refractivity (Wildman–Crippen MR) is 52.7 cm³/mol. The van der Waals surface area contributed by atoms with E-state index in [1.807, 2.05) is 0 Å². The molecular formula is C4H11FN3O2P3. The van der Waals surface area contributed by atoms with Crippen LogP contribution in [-0.4, -0.2) is 13.2 Å². The Morgan fingerprint density at radius 2 is 2.15 bits per heavy atom. The maximum absolute atomic E-state index is 13.5. The highest BCUT2D eigenvalue weighted by atomic mass is 31.2. The van der Waals surface area contributed by atoms with Gasteiger partial charge in [-0.1, -0.05) is 0 Å². The fourth-order valence-electron chi connectivity index (χ4n) is 0.418. The maximum atomic E-state index is 13.5. The molecule has 0 aromatic heterocycles. The Morgan fingerprint density at radius 1 is 1.46 bits per heavy atom. The Morgan fingerprint density at radius 3 is 2.62 bits per heavy atom. The van der Waals surface area contributed by atoms with Crippen molar-refractivity contribution in [3.8, 4) is 0 Å². The van der Waals surface area contributed by atoms with E-state index in [1.165, 1.54) is 0 Å². The van der Waals surface area contributed by atoms with E-state index < -0.39 is 7.74 Å². The second kappa shape index (κ2) is 7.66. The van der Waals surface area contributed by atoms with Gasteiger partial charge in [0.15, 0.2) is 17.1 Å². The minimum absolute atomic E-state index is 0.161. The third kappa shape index (κ3) is 6.36. The quantitative estimate of drug-likeness (QED) is 0.692. The molecule has 5 nitrogen and oxygen atoms in total. The van der Waals surface area contributed by atoms with Crippen molar-refractivity contribution in [2.75, 3.05) is 13.2 Å². The minimum Gasteiger partial charge on any atom is -0.311 e. The third-order valence-electron chi connectivity index (χ3n) is 0.782. The van der Waals surface area contributed by atoms with Gasteiger partial charge in [-0.2, -0.15) is 8.71 Å². The molecule has 76 valence electrons. The number of hydrogen-bond donors (Lipinski definition) is 1. The van der Waals surface area contributed by atoms with Gasteiger partial charge in [0.1, 0.15) is 0 Å². The van der Waals surface area contributed by atoms with Crippen LogP contribution >= 0.6 is 24.9 Å². The van der Waals surface area contributed by atoms with Crippen LogP contribution in [0.4, 0.5) is 4.20 Å². The van der Waals surface area contributed by atoms with Crippen LogP contribution in [0.3, 0.4) is 0 Å². The van der Waals surface area contributed by atoms with Crippen molar-refractivity contribution in [3.05, 3.63) is 0 Å². The average molecular weight is 245 g/mol. The van der Waals surface area contributed by atoms with Crippen LogP contribution in [0.15, 0.2) is 9.03 Å². The minimum atomic E-state index is -3.59. The molecule has 0 saturated heterocycles. The standard InChI is InChI=1S/C4H11FN3O2P3/c1-3-9-12-8-13(5,7-11-6)10-4-2/h6H,3-4H2,1-2H3. The number of hydrogen-bond acceptors (Lipinski definition) is 3. The topological polar surface area (TPSA) is 67.0 Å². The van der Waals surface area contributed by atoms with Crippen LogP contribution < -0.4 is 0 Å². The zero-order valence-corrected chi connectivity index (χ0v) is 10.0. The van der Waals surface area contributed by atoms with Gasteiger partial charge >= 0.3 is 7.74 Å². The highest BCUT2D eigenvalue weighted by molar-refractivity contribution is 7.61. The Labute approximate surface area is 80.1 Å². The van der Waals surface area contributed by atoms with Crippen LogP contribution in [0, 0.1) is 5.16 Å². The molecule has 13 heavy (non-hydrogen) atoms. The van der Waals surface area contributed by atoms with Crippen LogP contribution in [0.1, 0.15) is 13.8 Å². The zero-order valence-electron chi connectivity index (χ0n) is 7.34. The first kappa shape index (κ1) is 13.3. The van der Waals surface area contributed by atoms with Gasteiger partial charge in [0, 0.05) is 0 Å². The number of nitrogens with one attached hydrogen (secondary N) is 1. The van der Waals surface area contributed by atoms with Crippen LogP contribution in [0.25, 0.3) is 0 Å². The second-order valence-electron chi connectivity index (χ2n) is 1.67. The highest BCUT2D eigenvalue weighted by Crippen LogP contribution is 2.57. The molecule has 1 unspecified atom stereocenters. The molecule has 0 fully saturated rings. The van der Waals surface area contributed by atoms with Crippen molar-refractivity contribution >= 4 is 24.9 Å². The summed E-state index contributed by atoms with van der Waals surface area (Å²) in [5.74, 6) is 0. The fourth-order valence-corrected chi connectivity index (χ4v) is 2.75. The Balaban J connectivity index is 4.41. The first-order valence-electron chi connectivity index (χ1n) is 3.55. The SMILES string of the molecule is CCOP=NP(F)(=NP=N)OCC. The Bertz CT molecular complexity index is 235. The summed E-state index contributed by atoms with van der Waals surface area (Å²) < 4.78 is 29.8. The van der Waals surface area contributed by atoms with Gasteiger partial charge in [-0.05, 0) is 13.8 Å².